The first-order valence-corrected chi connectivity index (χ1v) is 5.94. The summed E-state index contributed by atoms with van der Waals surface area (Å²) >= 11 is 5.87. The number of benzene rings is 1. The molecule has 0 bridgehead atoms. The zero-order valence-corrected chi connectivity index (χ0v) is 11.2. The van der Waals surface area contributed by atoms with Crippen LogP contribution in [0.2, 0.25) is 5.02 Å². The minimum atomic E-state index is -0.656. The fourth-order valence-electron chi connectivity index (χ4n) is 1.74. The number of cyclic esters (lactones) is 1. The molecule has 1 N–H and O–H groups in total. The minimum absolute atomic E-state index is 0.0318. The second kappa shape index (κ2) is 5.36. The highest BCUT2D eigenvalue weighted by Crippen LogP contribution is 2.28. The van der Waals surface area contributed by atoms with Crippen LogP contribution in [0.3, 0.4) is 0 Å². The Morgan fingerprint density at radius 1 is 1.58 bits per heavy atom. The minimum Gasteiger partial charge on any atom is -0.495 e. The lowest BCUT2D eigenvalue weighted by molar-refractivity contribution is -0.119. The number of ether oxygens (including phenoxy) is 2. The molecule has 19 heavy (non-hydrogen) atoms. The number of rotatable bonds is 3. The van der Waals surface area contributed by atoms with Crippen LogP contribution in [0.4, 0.5) is 10.5 Å². The van der Waals surface area contributed by atoms with Gasteiger partial charge in [-0.05, 0) is 18.2 Å². The highest BCUT2D eigenvalue weighted by atomic mass is 35.5. The molecule has 102 valence electrons. The molecule has 1 saturated heterocycles. The third kappa shape index (κ3) is 2.73. The third-order valence-corrected chi connectivity index (χ3v) is 3.08. The van der Waals surface area contributed by atoms with Gasteiger partial charge in [0, 0.05) is 12.1 Å². The van der Waals surface area contributed by atoms with Crippen LogP contribution in [0.25, 0.3) is 0 Å². The Morgan fingerprint density at radius 2 is 2.32 bits per heavy atom. The summed E-state index contributed by atoms with van der Waals surface area (Å²) in [4.78, 5) is 24.5. The largest absolute Gasteiger partial charge is 0.495 e. The molecule has 7 heteroatoms. The Hall–Kier alpha value is -1.95. The van der Waals surface area contributed by atoms with Gasteiger partial charge in [0.1, 0.15) is 18.4 Å². The molecule has 1 aromatic carbocycles. The Kier molecular flexibility index (Phi) is 3.80. The van der Waals surface area contributed by atoms with Crippen LogP contribution in [0, 0.1) is 0 Å². The number of likely N-dealkylation sites (N-methyl/N-ethyl adjacent to an activating group) is 1. The molecule has 2 rings (SSSR count). The summed E-state index contributed by atoms with van der Waals surface area (Å²) in [6.45, 7) is 0.0318. The summed E-state index contributed by atoms with van der Waals surface area (Å²) in [5.41, 5.74) is 0.452. The molecule has 6 nitrogen and oxygen atoms in total. The number of hydrogen-bond acceptors (Lipinski definition) is 4. The third-order valence-electron chi connectivity index (χ3n) is 2.84. The number of methoxy groups -OCH3 is 1. The molecule has 0 saturated carbocycles. The van der Waals surface area contributed by atoms with Gasteiger partial charge in [0.15, 0.2) is 0 Å². The molecule has 1 unspecified atom stereocenters. The van der Waals surface area contributed by atoms with Crippen molar-refractivity contribution in [2.45, 2.75) is 6.04 Å². The van der Waals surface area contributed by atoms with E-state index in [4.69, 9.17) is 21.1 Å². The van der Waals surface area contributed by atoms with Crippen molar-refractivity contribution in [2.24, 2.45) is 0 Å². The van der Waals surface area contributed by atoms with E-state index in [0.29, 0.717) is 16.5 Å². The molecule has 1 aliphatic rings. The van der Waals surface area contributed by atoms with Gasteiger partial charge in [0.05, 0.1) is 12.8 Å². The molecule has 1 atom stereocenters. The number of hydrogen-bond donors (Lipinski definition) is 1. The summed E-state index contributed by atoms with van der Waals surface area (Å²) < 4.78 is 9.91. The van der Waals surface area contributed by atoms with E-state index < -0.39 is 12.1 Å². The van der Waals surface area contributed by atoms with Crippen molar-refractivity contribution in [1.82, 2.24) is 4.90 Å². The molecular formula is C12H13ClN2O4. The van der Waals surface area contributed by atoms with Gasteiger partial charge in [-0.1, -0.05) is 11.6 Å². The second-order valence-corrected chi connectivity index (χ2v) is 4.47. The number of nitrogens with zero attached hydrogens (tertiary/aromatic N) is 1. The van der Waals surface area contributed by atoms with E-state index in [0.717, 1.165) is 0 Å². The highest BCUT2D eigenvalue weighted by Gasteiger charge is 2.35. The van der Waals surface area contributed by atoms with Gasteiger partial charge in [0.2, 0.25) is 0 Å². The lowest BCUT2D eigenvalue weighted by Crippen LogP contribution is -2.40. The lowest BCUT2D eigenvalue weighted by atomic mass is 10.2. The van der Waals surface area contributed by atoms with E-state index in [1.165, 1.54) is 19.1 Å². The van der Waals surface area contributed by atoms with Crippen LogP contribution in [-0.2, 0) is 9.53 Å². The van der Waals surface area contributed by atoms with Gasteiger partial charge in [-0.3, -0.25) is 9.69 Å². The number of amides is 2. The van der Waals surface area contributed by atoms with Crippen LogP contribution in [0.5, 0.6) is 5.75 Å². The Bertz CT molecular complexity index is 520. The van der Waals surface area contributed by atoms with Crippen molar-refractivity contribution in [3.63, 3.8) is 0 Å². The van der Waals surface area contributed by atoms with Crippen LogP contribution in [-0.4, -0.2) is 43.7 Å². The second-order valence-electron chi connectivity index (χ2n) is 4.04. The molecule has 0 radical (unpaired) electrons. The van der Waals surface area contributed by atoms with Crippen LogP contribution >= 0.6 is 11.6 Å². The van der Waals surface area contributed by atoms with Gasteiger partial charge in [-0.25, -0.2) is 4.79 Å². The van der Waals surface area contributed by atoms with E-state index in [2.05, 4.69) is 5.32 Å². The number of carbonyl (C=O) groups excluding carboxylic acids is 2. The smallest absolute Gasteiger partial charge is 0.410 e. The van der Waals surface area contributed by atoms with Gasteiger partial charge in [0.25, 0.3) is 5.91 Å². The molecule has 0 spiro atoms. The maximum absolute atomic E-state index is 12.1. The van der Waals surface area contributed by atoms with Gasteiger partial charge in [-0.2, -0.15) is 0 Å². The Balaban J connectivity index is 2.15. The van der Waals surface area contributed by atoms with Gasteiger partial charge in [-0.15, -0.1) is 0 Å². The standard InChI is InChI=1S/C12H13ClN2O4/c1-15-9(6-19-12(15)17)11(16)14-8-5-7(13)3-4-10(8)18-2/h3-5,9H,6H2,1-2H3,(H,14,16). The Labute approximate surface area is 115 Å². The molecule has 1 aliphatic heterocycles. The zero-order chi connectivity index (χ0) is 14.0. The van der Waals surface area contributed by atoms with Gasteiger partial charge >= 0.3 is 6.09 Å². The highest BCUT2D eigenvalue weighted by molar-refractivity contribution is 6.31. The quantitative estimate of drug-likeness (QED) is 0.918. The SMILES string of the molecule is COc1ccc(Cl)cc1NC(=O)C1COC(=O)N1C. The fraction of sp³-hybridized carbons (Fsp3) is 0.333. The van der Waals surface area contributed by atoms with Crippen molar-refractivity contribution in [1.29, 1.82) is 0 Å². The first-order chi connectivity index (χ1) is 9.02. The maximum atomic E-state index is 12.1. The molecule has 1 heterocycles. The predicted octanol–water partition coefficient (Wildman–Crippen LogP) is 1.74. The normalized spacial score (nSPS) is 18.2. The predicted molar refractivity (Wildman–Crippen MR) is 69.5 cm³/mol. The summed E-state index contributed by atoms with van der Waals surface area (Å²) in [6, 6.07) is 4.23. The topological polar surface area (TPSA) is 67.9 Å². The first kappa shape index (κ1) is 13.5. The van der Waals surface area contributed by atoms with E-state index in [9.17, 15) is 9.59 Å². The number of nitrogens with one attached hydrogen (secondary N) is 1. The molecule has 1 aromatic rings. The number of anilines is 1. The number of carbonyl (C=O) groups is 2. The molecule has 2 amide bonds. The Morgan fingerprint density at radius 3 is 2.89 bits per heavy atom. The summed E-state index contributed by atoms with van der Waals surface area (Å²) in [6.07, 6.45) is -0.516. The monoisotopic (exact) mass is 284 g/mol. The molecule has 1 fully saturated rings. The average Bonchev–Trinajstić information content (AvgIpc) is 2.70. The maximum Gasteiger partial charge on any atom is 0.410 e. The van der Waals surface area contributed by atoms with E-state index in [-0.39, 0.29) is 12.5 Å². The van der Waals surface area contributed by atoms with Crippen molar-refractivity contribution < 1.29 is 19.1 Å². The van der Waals surface area contributed by atoms with Gasteiger partial charge < -0.3 is 14.8 Å². The number of halogens is 1. The zero-order valence-electron chi connectivity index (χ0n) is 10.5. The van der Waals surface area contributed by atoms with E-state index >= 15 is 0 Å². The van der Waals surface area contributed by atoms with Crippen LogP contribution in [0.15, 0.2) is 18.2 Å². The lowest BCUT2D eigenvalue weighted by Gasteiger charge is -2.17. The fourth-order valence-corrected chi connectivity index (χ4v) is 1.91. The van der Waals surface area contributed by atoms with E-state index in [1.807, 2.05) is 0 Å². The van der Waals surface area contributed by atoms with Crippen molar-refractivity contribution >= 4 is 29.3 Å². The average molecular weight is 285 g/mol. The summed E-state index contributed by atoms with van der Waals surface area (Å²) in [5.74, 6) is 0.138. The molecule has 0 aromatic heterocycles. The molecular weight excluding hydrogens is 272 g/mol. The summed E-state index contributed by atoms with van der Waals surface area (Å²) in [7, 11) is 3.00. The summed E-state index contributed by atoms with van der Waals surface area (Å²) in [5, 5.41) is 3.15. The van der Waals surface area contributed by atoms with Crippen molar-refractivity contribution in [3.8, 4) is 5.75 Å². The van der Waals surface area contributed by atoms with Crippen LogP contribution < -0.4 is 10.1 Å². The molecule has 0 aliphatic carbocycles. The van der Waals surface area contributed by atoms with Crippen molar-refractivity contribution in [2.75, 3.05) is 26.1 Å². The van der Waals surface area contributed by atoms with Crippen molar-refractivity contribution in [3.05, 3.63) is 23.2 Å². The van der Waals surface area contributed by atoms with E-state index in [1.54, 1.807) is 18.2 Å². The first-order valence-electron chi connectivity index (χ1n) is 5.57. The van der Waals surface area contributed by atoms with Crippen LogP contribution in [0.1, 0.15) is 0 Å².